The molecule has 1 N–H and O–H groups in total. The Morgan fingerprint density at radius 3 is 2.45 bits per heavy atom. The van der Waals surface area contributed by atoms with E-state index in [-0.39, 0.29) is 18.6 Å². The van der Waals surface area contributed by atoms with Crippen molar-refractivity contribution in [3.8, 4) is 0 Å². The first-order chi connectivity index (χ1) is 13.8. The maximum Gasteiger partial charge on any atom is 0.339 e. The minimum atomic E-state index is -0.568. The van der Waals surface area contributed by atoms with Crippen LogP contribution in [0.2, 0.25) is 0 Å². The number of esters is 1. The summed E-state index contributed by atoms with van der Waals surface area (Å²) in [6.07, 6.45) is 1.62. The van der Waals surface area contributed by atoms with Gasteiger partial charge in [-0.05, 0) is 44.9 Å². The zero-order valence-electron chi connectivity index (χ0n) is 17.4. The van der Waals surface area contributed by atoms with Gasteiger partial charge in [0.1, 0.15) is 0 Å². The van der Waals surface area contributed by atoms with E-state index in [1.807, 2.05) is 46.8 Å². The van der Waals surface area contributed by atoms with Crippen LogP contribution in [0.5, 0.6) is 0 Å². The first-order valence-electron chi connectivity index (χ1n) is 9.68. The minimum absolute atomic E-state index is 0.103. The molecule has 3 aromatic rings. The number of hydrogen-bond donors (Lipinski definition) is 1. The average Bonchev–Trinajstić information content (AvgIpc) is 3.11. The van der Waals surface area contributed by atoms with Crippen LogP contribution in [0.25, 0.3) is 11.0 Å². The molecular weight excluding hydrogens is 368 g/mol. The van der Waals surface area contributed by atoms with E-state index in [0.717, 1.165) is 11.3 Å². The summed E-state index contributed by atoms with van der Waals surface area (Å²) in [5.74, 6) is -0.831. The summed E-state index contributed by atoms with van der Waals surface area (Å²) in [6, 6.07) is 9.23. The monoisotopic (exact) mass is 394 g/mol. The smallest absolute Gasteiger partial charge is 0.339 e. The quantitative estimate of drug-likeness (QED) is 0.632. The number of hydrogen-bond acceptors (Lipinski definition) is 5. The summed E-state index contributed by atoms with van der Waals surface area (Å²) in [4.78, 5) is 29.6. The average molecular weight is 394 g/mol. The van der Waals surface area contributed by atoms with Crippen molar-refractivity contribution in [3.05, 3.63) is 53.3 Å². The molecule has 0 aliphatic carbocycles. The molecule has 0 radical (unpaired) electrons. The molecular formula is C22H26N4O3. The topological polar surface area (TPSA) is 86.1 Å². The molecule has 2 heterocycles. The Morgan fingerprint density at radius 2 is 1.83 bits per heavy atom. The van der Waals surface area contributed by atoms with Gasteiger partial charge in [0, 0.05) is 17.4 Å². The highest BCUT2D eigenvalue weighted by Crippen LogP contribution is 2.25. The van der Waals surface area contributed by atoms with E-state index in [1.165, 1.54) is 0 Å². The molecule has 3 rings (SSSR count). The molecule has 0 aliphatic rings. The fourth-order valence-corrected chi connectivity index (χ4v) is 2.92. The molecule has 1 aromatic carbocycles. The number of nitrogens with one attached hydrogen (secondary N) is 1. The number of benzene rings is 1. The number of nitrogens with zero attached hydrogens (tertiary/aromatic N) is 3. The van der Waals surface area contributed by atoms with E-state index in [2.05, 4.69) is 15.4 Å². The van der Waals surface area contributed by atoms with Crippen LogP contribution in [0, 0.1) is 6.92 Å². The molecule has 7 nitrogen and oxygen atoms in total. The molecule has 0 fully saturated rings. The van der Waals surface area contributed by atoms with Crippen LogP contribution in [0.3, 0.4) is 0 Å². The Labute approximate surface area is 170 Å². The summed E-state index contributed by atoms with van der Waals surface area (Å²) in [6.45, 7) is 9.62. The SMILES string of the molecule is Cc1ccc(NC(=O)COC(=O)c2cc(C(C)C)nc3c2cnn3C(C)C)cc1. The summed E-state index contributed by atoms with van der Waals surface area (Å²) in [7, 11) is 0. The highest BCUT2D eigenvalue weighted by Gasteiger charge is 2.20. The number of carbonyl (C=O) groups excluding carboxylic acids is 2. The molecule has 1 amide bonds. The van der Waals surface area contributed by atoms with Crippen LogP contribution in [-0.2, 0) is 9.53 Å². The molecule has 0 aliphatic heterocycles. The lowest BCUT2D eigenvalue weighted by Gasteiger charge is -2.12. The van der Waals surface area contributed by atoms with Gasteiger partial charge in [0.05, 0.1) is 17.1 Å². The number of aryl methyl sites for hydroxylation is 1. The van der Waals surface area contributed by atoms with Gasteiger partial charge in [0.2, 0.25) is 0 Å². The van der Waals surface area contributed by atoms with Gasteiger partial charge in [0.25, 0.3) is 5.91 Å². The van der Waals surface area contributed by atoms with Crippen LogP contribution in [0.15, 0.2) is 36.5 Å². The van der Waals surface area contributed by atoms with Crippen LogP contribution in [0.4, 0.5) is 5.69 Å². The number of rotatable bonds is 6. The Bertz CT molecular complexity index is 1040. The van der Waals surface area contributed by atoms with Crippen molar-refractivity contribution in [3.63, 3.8) is 0 Å². The molecule has 0 spiro atoms. The molecule has 29 heavy (non-hydrogen) atoms. The Hall–Kier alpha value is -3.22. The number of carbonyl (C=O) groups is 2. The summed E-state index contributed by atoms with van der Waals surface area (Å²) < 4.78 is 7.06. The fraction of sp³-hybridized carbons (Fsp3) is 0.364. The standard InChI is InChI=1S/C22H26N4O3/c1-13(2)19-10-17(18-11-23-26(14(3)4)21(18)25-19)22(28)29-12-20(27)24-16-8-6-15(5)7-9-16/h6-11,13-14H,12H2,1-5H3,(H,24,27). The maximum absolute atomic E-state index is 12.7. The van der Waals surface area contributed by atoms with Crippen LogP contribution < -0.4 is 5.32 Å². The van der Waals surface area contributed by atoms with E-state index in [4.69, 9.17) is 4.74 Å². The van der Waals surface area contributed by atoms with Crippen molar-refractivity contribution in [1.29, 1.82) is 0 Å². The molecule has 0 saturated heterocycles. The van der Waals surface area contributed by atoms with Gasteiger partial charge in [-0.3, -0.25) is 4.79 Å². The van der Waals surface area contributed by atoms with E-state index >= 15 is 0 Å². The summed E-state index contributed by atoms with van der Waals surface area (Å²) in [5, 5.41) is 7.70. The molecule has 0 saturated carbocycles. The third-order valence-electron chi connectivity index (χ3n) is 4.56. The second kappa shape index (κ2) is 8.43. The van der Waals surface area contributed by atoms with E-state index in [9.17, 15) is 9.59 Å². The molecule has 0 unspecified atom stereocenters. The lowest BCUT2D eigenvalue weighted by Crippen LogP contribution is -2.21. The van der Waals surface area contributed by atoms with E-state index < -0.39 is 11.9 Å². The van der Waals surface area contributed by atoms with Gasteiger partial charge in [-0.2, -0.15) is 5.10 Å². The first kappa shape index (κ1) is 20.5. The van der Waals surface area contributed by atoms with E-state index in [1.54, 1.807) is 29.1 Å². The van der Waals surface area contributed by atoms with Gasteiger partial charge >= 0.3 is 5.97 Å². The van der Waals surface area contributed by atoms with Crippen molar-refractivity contribution in [2.24, 2.45) is 0 Å². The van der Waals surface area contributed by atoms with Crippen LogP contribution >= 0.6 is 0 Å². The molecule has 0 atom stereocenters. The minimum Gasteiger partial charge on any atom is -0.452 e. The zero-order chi connectivity index (χ0) is 21.1. The lowest BCUT2D eigenvalue weighted by atomic mass is 10.1. The molecule has 152 valence electrons. The van der Waals surface area contributed by atoms with Gasteiger partial charge in [-0.15, -0.1) is 0 Å². The largest absolute Gasteiger partial charge is 0.452 e. The summed E-state index contributed by atoms with van der Waals surface area (Å²) in [5.41, 5.74) is 3.54. The fourth-order valence-electron chi connectivity index (χ4n) is 2.92. The normalized spacial score (nSPS) is 11.3. The predicted octanol–water partition coefficient (Wildman–Crippen LogP) is 4.24. The van der Waals surface area contributed by atoms with Gasteiger partial charge < -0.3 is 10.1 Å². The summed E-state index contributed by atoms with van der Waals surface area (Å²) >= 11 is 0. The highest BCUT2D eigenvalue weighted by molar-refractivity contribution is 6.03. The zero-order valence-corrected chi connectivity index (χ0v) is 17.4. The first-order valence-corrected chi connectivity index (χ1v) is 9.68. The lowest BCUT2D eigenvalue weighted by molar-refractivity contribution is -0.119. The van der Waals surface area contributed by atoms with Crippen molar-refractivity contribution in [1.82, 2.24) is 14.8 Å². The van der Waals surface area contributed by atoms with Gasteiger partial charge in [-0.1, -0.05) is 31.5 Å². The van der Waals surface area contributed by atoms with Crippen molar-refractivity contribution < 1.29 is 14.3 Å². The molecule has 0 bridgehead atoms. The van der Waals surface area contributed by atoms with Gasteiger partial charge in [0.15, 0.2) is 12.3 Å². The molecule has 7 heteroatoms. The number of pyridine rings is 1. The third kappa shape index (κ3) is 4.62. The number of anilines is 1. The molecule has 2 aromatic heterocycles. The predicted molar refractivity (Wildman–Crippen MR) is 112 cm³/mol. The highest BCUT2D eigenvalue weighted by atomic mass is 16.5. The third-order valence-corrected chi connectivity index (χ3v) is 4.56. The van der Waals surface area contributed by atoms with Crippen molar-refractivity contribution in [2.45, 2.75) is 46.6 Å². The Kier molecular flexibility index (Phi) is 5.96. The Balaban J connectivity index is 1.79. The number of amides is 1. The second-order valence-corrected chi connectivity index (χ2v) is 7.66. The number of aromatic nitrogens is 3. The second-order valence-electron chi connectivity index (χ2n) is 7.66. The van der Waals surface area contributed by atoms with Gasteiger partial charge in [-0.25, -0.2) is 14.5 Å². The number of fused-ring (bicyclic) bond motifs is 1. The Morgan fingerprint density at radius 1 is 1.14 bits per heavy atom. The number of ether oxygens (including phenoxy) is 1. The van der Waals surface area contributed by atoms with Crippen LogP contribution in [-0.4, -0.2) is 33.2 Å². The van der Waals surface area contributed by atoms with E-state index in [0.29, 0.717) is 22.3 Å². The van der Waals surface area contributed by atoms with Crippen LogP contribution in [0.1, 0.15) is 61.3 Å². The van der Waals surface area contributed by atoms with Crippen molar-refractivity contribution in [2.75, 3.05) is 11.9 Å². The maximum atomic E-state index is 12.7. The van der Waals surface area contributed by atoms with Crippen molar-refractivity contribution >= 4 is 28.6 Å².